The van der Waals surface area contributed by atoms with Gasteiger partial charge in [0.15, 0.2) is 0 Å². The van der Waals surface area contributed by atoms with E-state index in [9.17, 15) is 0 Å². The van der Waals surface area contributed by atoms with Crippen LogP contribution in [0.1, 0.15) is 37.4 Å². The molecule has 4 heteroatoms. The minimum Gasteiger partial charge on any atom is -0.497 e. The second-order valence-electron chi connectivity index (χ2n) is 5.47. The normalized spacial score (nSPS) is 10.5. The predicted octanol–water partition coefficient (Wildman–Crippen LogP) is 3.95. The molecule has 2 aromatic rings. The maximum absolute atomic E-state index is 5.96. The maximum Gasteiger partial charge on any atom is 0.130 e. The Labute approximate surface area is 138 Å². The summed E-state index contributed by atoms with van der Waals surface area (Å²) in [6.07, 6.45) is 5.48. The highest BCUT2D eigenvalue weighted by Crippen LogP contribution is 2.25. The van der Waals surface area contributed by atoms with Gasteiger partial charge in [-0.3, -0.25) is 4.98 Å². The Hall–Kier alpha value is -2.07. The molecule has 0 radical (unpaired) electrons. The summed E-state index contributed by atoms with van der Waals surface area (Å²) in [6, 6.07) is 11.8. The van der Waals surface area contributed by atoms with Crippen LogP contribution in [0.5, 0.6) is 11.5 Å². The van der Waals surface area contributed by atoms with E-state index in [2.05, 4.69) is 23.3 Å². The largest absolute Gasteiger partial charge is 0.497 e. The first-order chi connectivity index (χ1) is 11.3. The molecular weight excluding hydrogens is 288 g/mol. The van der Waals surface area contributed by atoms with Crippen molar-refractivity contribution in [2.45, 2.75) is 39.3 Å². The average molecular weight is 314 g/mol. The molecule has 0 saturated carbocycles. The standard InChI is InChI=1S/C19H26N2O2/c1-3-4-6-11-20-14-16-9-10-18(22-2)13-19(16)23-15-17-8-5-7-12-21-17/h5,7-10,12-13,20H,3-4,6,11,14-15H2,1-2H3. The van der Waals surface area contributed by atoms with Crippen molar-refractivity contribution in [2.24, 2.45) is 0 Å². The van der Waals surface area contributed by atoms with E-state index in [1.807, 2.05) is 30.3 Å². The average Bonchev–Trinajstić information content (AvgIpc) is 2.61. The van der Waals surface area contributed by atoms with Crippen LogP contribution in [-0.2, 0) is 13.2 Å². The fraction of sp³-hybridized carbons (Fsp3) is 0.421. The van der Waals surface area contributed by atoms with E-state index in [0.29, 0.717) is 6.61 Å². The van der Waals surface area contributed by atoms with Gasteiger partial charge in [-0.1, -0.05) is 31.9 Å². The van der Waals surface area contributed by atoms with Gasteiger partial charge < -0.3 is 14.8 Å². The van der Waals surface area contributed by atoms with Crippen LogP contribution >= 0.6 is 0 Å². The fourth-order valence-corrected chi connectivity index (χ4v) is 2.30. The first-order valence-corrected chi connectivity index (χ1v) is 8.24. The van der Waals surface area contributed by atoms with E-state index < -0.39 is 0 Å². The number of methoxy groups -OCH3 is 1. The van der Waals surface area contributed by atoms with Gasteiger partial charge in [0.1, 0.15) is 18.1 Å². The SMILES string of the molecule is CCCCCNCc1ccc(OC)cc1OCc1ccccn1. The minimum absolute atomic E-state index is 0.455. The molecule has 124 valence electrons. The molecule has 2 rings (SSSR count). The summed E-state index contributed by atoms with van der Waals surface area (Å²) >= 11 is 0. The Balaban J connectivity index is 1.96. The van der Waals surface area contributed by atoms with Crippen LogP contribution in [0, 0.1) is 0 Å². The van der Waals surface area contributed by atoms with Gasteiger partial charge >= 0.3 is 0 Å². The third kappa shape index (κ3) is 5.91. The number of nitrogens with zero attached hydrogens (tertiary/aromatic N) is 1. The maximum atomic E-state index is 5.96. The smallest absolute Gasteiger partial charge is 0.130 e. The summed E-state index contributed by atoms with van der Waals surface area (Å²) < 4.78 is 11.3. The summed E-state index contributed by atoms with van der Waals surface area (Å²) in [7, 11) is 1.67. The van der Waals surface area contributed by atoms with Crippen molar-refractivity contribution in [3.8, 4) is 11.5 Å². The summed E-state index contributed by atoms with van der Waals surface area (Å²) in [6.45, 7) is 4.49. The van der Waals surface area contributed by atoms with Crippen LogP contribution in [0.3, 0.4) is 0 Å². The molecule has 1 heterocycles. The Bertz CT molecular complexity index is 573. The zero-order valence-electron chi connectivity index (χ0n) is 14.0. The number of rotatable bonds is 10. The molecule has 0 spiro atoms. The monoisotopic (exact) mass is 314 g/mol. The van der Waals surface area contributed by atoms with Gasteiger partial charge in [0.05, 0.1) is 12.8 Å². The summed E-state index contributed by atoms with van der Waals surface area (Å²) in [5.74, 6) is 1.65. The fourth-order valence-electron chi connectivity index (χ4n) is 2.30. The summed E-state index contributed by atoms with van der Waals surface area (Å²) in [5, 5.41) is 3.48. The van der Waals surface area contributed by atoms with Crippen molar-refractivity contribution in [1.29, 1.82) is 0 Å². The molecule has 0 aliphatic carbocycles. The molecule has 0 fully saturated rings. The van der Waals surface area contributed by atoms with E-state index >= 15 is 0 Å². The number of aromatic nitrogens is 1. The molecule has 4 nitrogen and oxygen atoms in total. The quantitative estimate of drug-likeness (QED) is 0.674. The van der Waals surface area contributed by atoms with Crippen LogP contribution in [-0.4, -0.2) is 18.6 Å². The van der Waals surface area contributed by atoms with Crippen molar-refractivity contribution in [3.05, 3.63) is 53.9 Å². The lowest BCUT2D eigenvalue weighted by atomic mass is 10.2. The highest BCUT2D eigenvalue weighted by Gasteiger charge is 2.07. The minimum atomic E-state index is 0.455. The second-order valence-corrected chi connectivity index (χ2v) is 5.47. The van der Waals surface area contributed by atoms with Crippen molar-refractivity contribution in [1.82, 2.24) is 10.3 Å². The molecule has 1 aromatic carbocycles. The van der Waals surface area contributed by atoms with Gasteiger partial charge in [0.2, 0.25) is 0 Å². The third-order valence-electron chi connectivity index (χ3n) is 3.65. The predicted molar refractivity (Wildman–Crippen MR) is 92.8 cm³/mol. The first-order valence-electron chi connectivity index (χ1n) is 8.24. The molecule has 1 N–H and O–H groups in total. The van der Waals surface area contributed by atoms with Gasteiger partial charge in [0, 0.05) is 24.4 Å². The molecule has 0 bridgehead atoms. The molecule has 1 aromatic heterocycles. The number of hydrogen-bond acceptors (Lipinski definition) is 4. The molecule has 0 unspecified atom stereocenters. The second kappa shape index (κ2) is 9.85. The van der Waals surface area contributed by atoms with Crippen molar-refractivity contribution in [3.63, 3.8) is 0 Å². The van der Waals surface area contributed by atoms with Gasteiger partial charge in [-0.25, -0.2) is 0 Å². The van der Waals surface area contributed by atoms with E-state index in [4.69, 9.17) is 9.47 Å². The van der Waals surface area contributed by atoms with Crippen LogP contribution in [0.25, 0.3) is 0 Å². The molecular formula is C19H26N2O2. The Morgan fingerprint density at radius 2 is 2.04 bits per heavy atom. The Kier molecular flexibility index (Phi) is 7.40. The van der Waals surface area contributed by atoms with Crippen molar-refractivity contribution in [2.75, 3.05) is 13.7 Å². The molecule has 0 saturated heterocycles. The van der Waals surface area contributed by atoms with E-state index in [1.54, 1.807) is 13.3 Å². The van der Waals surface area contributed by atoms with Crippen LogP contribution in [0.4, 0.5) is 0 Å². The highest BCUT2D eigenvalue weighted by atomic mass is 16.5. The van der Waals surface area contributed by atoms with Crippen LogP contribution in [0.15, 0.2) is 42.6 Å². The lowest BCUT2D eigenvalue weighted by Crippen LogP contribution is -2.15. The highest BCUT2D eigenvalue weighted by molar-refractivity contribution is 5.40. The lowest BCUT2D eigenvalue weighted by molar-refractivity contribution is 0.295. The third-order valence-corrected chi connectivity index (χ3v) is 3.65. The Morgan fingerprint density at radius 1 is 1.13 bits per heavy atom. The van der Waals surface area contributed by atoms with Gasteiger partial charge in [-0.05, 0) is 31.2 Å². The van der Waals surface area contributed by atoms with Gasteiger partial charge in [-0.15, -0.1) is 0 Å². The van der Waals surface area contributed by atoms with Gasteiger partial charge in [0.25, 0.3) is 0 Å². The number of pyridine rings is 1. The van der Waals surface area contributed by atoms with Crippen LogP contribution < -0.4 is 14.8 Å². The first kappa shape index (κ1) is 17.3. The number of hydrogen-bond donors (Lipinski definition) is 1. The number of benzene rings is 1. The number of unbranched alkanes of at least 4 members (excludes halogenated alkanes) is 2. The lowest BCUT2D eigenvalue weighted by Gasteiger charge is -2.13. The molecule has 0 amide bonds. The van der Waals surface area contributed by atoms with E-state index in [0.717, 1.165) is 35.8 Å². The zero-order chi connectivity index (χ0) is 16.3. The molecule has 0 aliphatic rings. The summed E-state index contributed by atoms with van der Waals surface area (Å²) in [5.41, 5.74) is 2.05. The van der Waals surface area contributed by atoms with E-state index in [-0.39, 0.29) is 0 Å². The number of ether oxygens (including phenoxy) is 2. The van der Waals surface area contributed by atoms with E-state index in [1.165, 1.54) is 19.3 Å². The number of nitrogens with one attached hydrogen (secondary N) is 1. The van der Waals surface area contributed by atoms with Crippen molar-refractivity contribution < 1.29 is 9.47 Å². The summed E-state index contributed by atoms with van der Waals surface area (Å²) in [4.78, 5) is 4.29. The van der Waals surface area contributed by atoms with Crippen LogP contribution in [0.2, 0.25) is 0 Å². The molecule has 0 atom stereocenters. The van der Waals surface area contributed by atoms with Crippen molar-refractivity contribution >= 4 is 0 Å². The Morgan fingerprint density at radius 3 is 2.78 bits per heavy atom. The topological polar surface area (TPSA) is 43.4 Å². The van der Waals surface area contributed by atoms with Gasteiger partial charge in [-0.2, -0.15) is 0 Å². The molecule has 23 heavy (non-hydrogen) atoms. The molecule has 0 aliphatic heterocycles. The zero-order valence-corrected chi connectivity index (χ0v) is 14.0.